The number of hydrogen-bond donors (Lipinski definition) is 1. The van der Waals surface area contributed by atoms with Crippen molar-refractivity contribution in [2.75, 3.05) is 31.8 Å². The van der Waals surface area contributed by atoms with E-state index in [0.29, 0.717) is 36.9 Å². The van der Waals surface area contributed by atoms with Crippen molar-refractivity contribution in [3.05, 3.63) is 83.3 Å². The van der Waals surface area contributed by atoms with Crippen LogP contribution < -0.4 is 14.8 Å². The molecule has 1 aliphatic heterocycles. The first-order chi connectivity index (χ1) is 20.4. The summed E-state index contributed by atoms with van der Waals surface area (Å²) in [7, 11) is 3.17. The lowest BCUT2D eigenvalue weighted by Crippen LogP contribution is -2.31. The number of methoxy groups -OCH3 is 2. The molecule has 3 aromatic carbocycles. The van der Waals surface area contributed by atoms with Crippen LogP contribution in [0.3, 0.4) is 0 Å². The predicted molar refractivity (Wildman–Crippen MR) is 170 cm³/mol. The molecule has 1 N–H and O–H groups in total. The van der Waals surface area contributed by atoms with Crippen LogP contribution in [0.2, 0.25) is 0 Å². The van der Waals surface area contributed by atoms with Gasteiger partial charge in [-0.15, -0.1) is 0 Å². The van der Waals surface area contributed by atoms with E-state index in [-0.39, 0.29) is 36.4 Å². The zero-order valence-corrected chi connectivity index (χ0v) is 25.2. The maximum absolute atomic E-state index is 13.5. The number of rotatable bonds is 10. The summed E-state index contributed by atoms with van der Waals surface area (Å²) in [5, 5.41) is 3.23. The maximum Gasteiger partial charge on any atom is 0.266 e. The van der Waals surface area contributed by atoms with Gasteiger partial charge < -0.3 is 14.8 Å². The van der Waals surface area contributed by atoms with Gasteiger partial charge in [-0.1, -0.05) is 60.0 Å². The largest absolute Gasteiger partial charge is 0.497 e. The molecular weight excluding hydrogens is 593 g/mol. The summed E-state index contributed by atoms with van der Waals surface area (Å²) in [6.07, 6.45) is 1.80. The van der Waals surface area contributed by atoms with Gasteiger partial charge in [-0.25, -0.2) is 4.98 Å². The minimum Gasteiger partial charge on any atom is -0.497 e. The number of carbonyl (C=O) groups is 3. The molecule has 0 unspecified atom stereocenters. The Balaban J connectivity index is 1.26. The predicted octanol–water partition coefficient (Wildman–Crippen LogP) is 5.72. The molecule has 9 nitrogen and oxygen atoms in total. The van der Waals surface area contributed by atoms with Gasteiger partial charge >= 0.3 is 0 Å². The number of aromatic nitrogens is 2. The van der Waals surface area contributed by atoms with Crippen molar-refractivity contribution in [2.45, 2.75) is 11.6 Å². The average molecular weight is 619 g/mol. The summed E-state index contributed by atoms with van der Waals surface area (Å²) in [5.74, 6) is 0.726. The molecule has 1 fully saturated rings. The summed E-state index contributed by atoms with van der Waals surface area (Å²) in [6, 6.07) is 21.6. The van der Waals surface area contributed by atoms with Crippen molar-refractivity contribution in [2.24, 2.45) is 0 Å². The van der Waals surface area contributed by atoms with Crippen molar-refractivity contribution in [1.82, 2.24) is 14.5 Å². The number of nitrogens with one attached hydrogen (secondary N) is 1. The number of amides is 2. The molecule has 1 aromatic heterocycles. The molecule has 0 bridgehead atoms. The smallest absolute Gasteiger partial charge is 0.266 e. The van der Waals surface area contributed by atoms with Gasteiger partial charge in [-0.2, -0.15) is 0 Å². The molecule has 12 heteroatoms. The second-order valence-electron chi connectivity index (χ2n) is 9.03. The van der Waals surface area contributed by atoms with Gasteiger partial charge in [0.15, 0.2) is 5.16 Å². The van der Waals surface area contributed by atoms with Crippen LogP contribution in [-0.4, -0.2) is 63.0 Å². The molecule has 4 aromatic rings. The minimum absolute atomic E-state index is 0.0220. The topological polar surface area (TPSA) is 103 Å². The highest BCUT2D eigenvalue weighted by Crippen LogP contribution is 2.33. The van der Waals surface area contributed by atoms with E-state index in [1.54, 1.807) is 50.6 Å². The molecule has 0 radical (unpaired) electrons. The Morgan fingerprint density at radius 1 is 1.00 bits per heavy atom. The summed E-state index contributed by atoms with van der Waals surface area (Å²) >= 11 is 7.84. The Morgan fingerprint density at radius 2 is 1.67 bits per heavy atom. The van der Waals surface area contributed by atoms with Crippen molar-refractivity contribution >= 4 is 80.6 Å². The average Bonchev–Trinajstić information content (AvgIpc) is 3.51. The lowest BCUT2D eigenvalue weighted by molar-refractivity contribution is -0.122. The van der Waals surface area contributed by atoms with Crippen molar-refractivity contribution in [3.8, 4) is 11.5 Å². The van der Waals surface area contributed by atoms with Crippen molar-refractivity contribution in [1.29, 1.82) is 0 Å². The third kappa shape index (κ3) is 6.67. The normalized spacial score (nSPS) is 14.0. The number of thiocarbonyl (C=S) groups is 1. The Hall–Kier alpha value is -4.13. The molecule has 5 rings (SSSR count). The van der Waals surface area contributed by atoms with Crippen LogP contribution in [0.5, 0.6) is 11.5 Å². The van der Waals surface area contributed by atoms with E-state index >= 15 is 0 Å². The molecule has 0 saturated carbocycles. The van der Waals surface area contributed by atoms with E-state index in [1.807, 2.05) is 42.5 Å². The first-order valence-electron chi connectivity index (χ1n) is 12.8. The molecule has 1 saturated heterocycles. The van der Waals surface area contributed by atoms with E-state index in [9.17, 15) is 14.4 Å². The van der Waals surface area contributed by atoms with Gasteiger partial charge in [0, 0.05) is 18.7 Å². The second-order valence-corrected chi connectivity index (χ2v) is 11.7. The second kappa shape index (κ2) is 13.2. The standard InChI is InChI=1S/C30H26N4O5S3/c1-38-21-11-7-19(8-12-21)17-25-28(37)33(30(40)42-25)16-15-27(36)34-24-6-4-3-5-23(24)32-29(34)41-18-26(35)31-20-9-13-22(39-2)14-10-20/h3-14,17H,15-16,18H2,1-2H3,(H,31,35). The third-order valence-corrected chi connectivity index (χ3v) is 8.64. The Labute approximate surface area is 256 Å². The summed E-state index contributed by atoms with van der Waals surface area (Å²) in [5.41, 5.74) is 2.74. The monoisotopic (exact) mass is 618 g/mol. The first-order valence-corrected chi connectivity index (χ1v) is 15.0. The van der Waals surface area contributed by atoms with Crippen LogP contribution >= 0.6 is 35.7 Å². The highest BCUT2D eigenvalue weighted by Gasteiger charge is 2.32. The Kier molecular flexibility index (Phi) is 9.25. The van der Waals surface area contributed by atoms with Crippen molar-refractivity contribution < 1.29 is 23.9 Å². The molecule has 42 heavy (non-hydrogen) atoms. The highest BCUT2D eigenvalue weighted by atomic mass is 32.2. The number of para-hydroxylation sites is 2. The number of nitrogens with zero attached hydrogens (tertiary/aromatic N) is 3. The van der Waals surface area contributed by atoms with Gasteiger partial charge in [-0.3, -0.25) is 23.9 Å². The summed E-state index contributed by atoms with van der Waals surface area (Å²) in [4.78, 5) is 45.8. The van der Waals surface area contributed by atoms with Gasteiger partial charge in [0.2, 0.25) is 11.8 Å². The van der Waals surface area contributed by atoms with E-state index < -0.39 is 0 Å². The van der Waals surface area contributed by atoms with Crippen LogP contribution in [0.15, 0.2) is 82.9 Å². The molecule has 2 heterocycles. The lowest BCUT2D eigenvalue weighted by atomic mass is 10.2. The number of imidazole rings is 1. The SMILES string of the molecule is COc1ccc(C=C2SC(=S)N(CCC(=O)n3c(SCC(=O)Nc4ccc(OC)cc4)nc4ccccc43)C2=O)cc1. The van der Waals surface area contributed by atoms with Gasteiger partial charge in [-0.05, 0) is 60.2 Å². The number of benzene rings is 3. The van der Waals surface area contributed by atoms with Crippen LogP contribution in [0, 0.1) is 0 Å². The summed E-state index contributed by atoms with van der Waals surface area (Å²) in [6.45, 7) is 0.123. The molecule has 0 spiro atoms. The number of fused-ring (bicyclic) bond motifs is 1. The fourth-order valence-corrected chi connectivity index (χ4v) is 6.34. The number of hydrogen-bond acceptors (Lipinski definition) is 9. The zero-order chi connectivity index (χ0) is 29.6. The van der Waals surface area contributed by atoms with Crippen molar-refractivity contribution in [3.63, 3.8) is 0 Å². The van der Waals surface area contributed by atoms with Crippen LogP contribution in [0.25, 0.3) is 17.1 Å². The lowest BCUT2D eigenvalue weighted by Gasteiger charge is -2.15. The zero-order valence-electron chi connectivity index (χ0n) is 22.7. The minimum atomic E-state index is -0.255. The fourth-order valence-electron chi connectivity index (χ4n) is 4.21. The van der Waals surface area contributed by atoms with Crippen LogP contribution in [-0.2, 0) is 9.59 Å². The first kappa shape index (κ1) is 29.4. The molecule has 0 aliphatic carbocycles. The Morgan fingerprint density at radius 3 is 2.36 bits per heavy atom. The molecule has 2 amide bonds. The Bertz CT molecular complexity index is 1680. The summed E-state index contributed by atoms with van der Waals surface area (Å²) < 4.78 is 12.2. The molecular formula is C30H26N4O5S3. The maximum atomic E-state index is 13.5. The van der Waals surface area contributed by atoms with Gasteiger partial charge in [0.05, 0.1) is 35.9 Å². The fraction of sp³-hybridized carbons (Fsp3) is 0.167. The van der Waals surface area contributed by atoms with E-state index in [0.717, 1.165) is 11.3 Å². The molecule has 1 aliphatic rings. The quantitative estimate of drug-likeness (QED) is 0.136. The number of ether oxygens (including phenoxy) is 2. The molecule has 214 valence electrons. The number of thioether (sulfide) groups is 2. The number of anilines is 1. The van der Waals surface area contributed by atoms with Gasteiger partial charge in [0.1, 0.15) is 15.8 Å². The van der Waals surface area contributed by atoms with E-state index in [2.05, 4.69) is 10.3 Å². The third-order valence-electron chi connectivity index (χ3n) is 6.32. The van der Waals surface area contributed by atoms with Crippen LogP contribution in [0.1, 0.15) is 16.8 Å². The van der Waals surface area contributed by atoms with E-state index in [4.69, 9.17) is 21.7 Å². The highest BCUT2D eigenvalue weighted by molar-refractivity contribution is 8.26. The van der Waals surface area contributed by atoms with Gasteiger partial charge in [0.25, 0.3) is 5.91 Å². The van der Waals surface area contributed by atoms with E-state index in [1.165, 1.54) is 33.0 Å². The molecule has 0 atom stereocenters. The van der Waals surface area contributed by atoms with Crippen LogP contribution in [0.4, 0.5) is 5.69 Å². The number of carbonyl (C=O) groups excluding carboxylic acids is 3.